The molecule has 2 N–H and O–H groups in total. The van der Waals surface area contributed by atoms with E-state index >= 15 is 0 Å². The zero-order chi connectivity index (χ0) is 27.8. The van der Waals surface area contributed by atoms with Crippen molar-refractivity contribution in [1.29, 1.82) is 0 Å². The summed E-state index contributed by atoms with van der Waals surface area (Å²) in [5.41, 5.74) is 2.00. The molecule has 2 aromatic carbocycles. The summed E-state index contributed by atoms with van der Waals surface area (Å²) in [4.78, 5) is 29.1. The minimum Gasteiger partial charge on any atom is -0.490 e. The summed E-state index contributed by atoms with van der Waals surface area (Å²) in [6.45, 7) is 8.60. The smallest absolute Gasteiger partial charge is 0.323 e. The third-order valence-electron chi connectivity index (χ3n) is 6.63. The van der Waals surface area contributed by atoms with Gasteiger partial charge in [-0.15, -0.1) is 0 Å². The Hall–Kier alpha value is -4.07. The van der Waals surface area contributed by atoms with Gasteiger partial charge in [-0.3, -0.25) is 4.79 Å². The van der Waals surface area contributed by atoms with Gasteiger partial charge in [0, 0.05) is 17.4 Å². The number of anilines is 2. The number of hydrogen-bond acceptors (Lipinski definition) is 6. The molecule has 1 aliphatic carbocycles. The van der Waals surface area contributed by atoms with Crippen LogP contribution in [0.3, 0.4) is 0 Å². The van der Waals surface area contributed by atoms with Crippen LogP contribution >= 0.6 is 0 Å². The van der Waals surface area contributed by atoms with Crippen molar-refractivity contribution in [2.24, 2.45) is 5.92 Å². The summed E-state index contributed by atoms with van der Waals surface area (Å²) in [5.74, 6) is 1.59. The predicted molar refractivity (Wildman–Crippen MR) is 152 cm³/mol. The van der Waals surface area contributed by atoms with E-state index in [9.17, 15) is 9.59 Å². The van der Waals surface area contributed by atoms with Gasteiger partial charge in [0.05, 0.1) is 18.6 Å². The summed E-state index contributed by atoms with van der Waals surface area (Å²) in [5, 5.41) is 5.67. The van der Waals surface area contributed by atoms with Crippen LogP contribution in [-0.2, 0) is 14.9 Å². The second kappa shape index (κ2) is 12.7. The van der Waals surface area contributed by atoms with Crippen molar-refractivity contribution in [2.45, 2.75) is 64.9 Å². The SMILES string of the molecule is CCOC(=O)C1CCC(Oc2ccc(NC(=O)Nc3cccnc3Oc3ccccc3C(C)(C)C)cc2)CC1. The number of carbonyl (C=O) groups is 2. The van der Waals surface area contributed by atoms with Crippen molar-refractivity contribution in [3.8, 4) is 17.4 Å². The highest BCUT2D eigenvalue weighted by Crippen LogP contribution is 2.35. The van der Waals surface area contributed by atoms with Crippen LogP contribution in [0.25, 0.3) is 0 Å². The molecule has 0 aliphatic heterocycles. The molecule has 1 fully saturated rings. The van der Waals surface area contributed by atoms with Gasteiger partial charge in [-0.05, 0) is 80.5 Å². The average Bonchev–Trinajstić information content (AvgIpc) is 2.91. The van der Waals surface area contributed by atoms with E-state index in [1.54, 1.807) is 30.5 Å². The van der Waals surface area contributed by atoms with Gasteiger partial charge in [-0.2, -0.15) is 0 Å². The van der Waals surface area contributed by atoms with E-state index in [2.05, 4.69) is 36.4 Å². The normalized spacial score (nSPS) is 17.1. The summed E-state index contributed by atoms with van der Waals surface area (Å²) < 4.78 is 17.4. The van der Waals surface area contributed by atoms with Crippen LogP contribution in [0.15, 0.2) is 66.9 Å². The molecular formula is C31H37N3O5. The molecule has 1 heterocycles. The summed E-state index contributed by atoms with van der Waals surface area (Å²) in [6.07, 6.45) is 4.84. The highest BCUT2D eigenvalue weighted by molar-refractivity contribution is 6.00. The topological polar surface area (TPSA) is 98.8 Å². The number of ether oxygens (including phenoxy) is 3. The summed E-state index contributed by atoms with van der Waals surface area (Å²) in [6, 6.07) is 18.1. The maximum atomic E-state index is 12.8. The molecule has 8 heteroatoms. The highest BCUT2D eigenvalue weighted by Gasteiger charge is 2.28. The predicted octanol–water partition coefficient (Wildman–Crippen LogP) is 7.32. The van der Waals surface area contributed by atoms with Gasteiger partial charge in [0.25, 0.3) is 0 Å². The van der Waals surface area contributed by atoms with E-state index in [-0.39, 0.29) is 23.4 Å². The van der Waals surface area contributed by atoms with Crippen molar-refractivity contribution in [3.05, 3.63) is 72.4 Å². The van der Waals surface area contributed by atoms with Crippen LogP contribution in [-0.4, -0.2) is 29.7 Å². The maximum Gasteiger partial charge on any atom is 0.323 e. The Kier molecular flexibility index (Phi) is 9.07. The molecule has 39 heavy (non-hydrogen) atoms. The lowest BCUT2D eigenvalue weighted by Gasteiger charge is -2.27. The standard InChI is InChI=1S/C31H37N3O5/c1-5-37-29(35)21-12-16-23(17-13-21)38-24-18-14-22(15-19-24)33-30(36)34-26-10-8-20-32-28(26)39-27-11-7-6-9-25(27)31(2,3)4/h6-11,14-15,18-21,23H,5,12-13,16-17H2,1-4H3,(H2,33,34,36). The monoisotopic (exact) mass is 531 g/mol. The lowest BCUT2D eigenvalue weighted by molar-refractivity contribution is -0.149. The lowest BCUT2D eigenvalue weighted by atomic mass is 9.86. The quantitative estimate of drug-likeness (QED) is 0.296. The Balaban J connectivity index is 1.32. The molecule has 0 atom stereocenters. The van der Waals surface area contributed by atoms with Crippen molar-refractivity contribution in [2.75, 3.05) is 17.2 Å². The molecule has 0 radical (unpaired) electrons. The number of para-hydroxylation sites is 1. The van der Waals surface area contributed by atoms with Gasteiger partial charge in [0.1, 0.15) is 17.2 Å². The Morgan fingerprint density at radius 3 is 2.33 bits per heavy atom. The average molecular weight is 532 g/mol. The van der Waals surface area contributed by atoms with Crippen LogP contribution < -0.4 is 20.1 Å². The van der Waals surface area contributed by atoms with E-state index < -0.39 is 6.03 Å². The zero-order valence-electron chi connectivity index (χ0n) is 23.0. The first kappa shape index (κ1) is 28.0. The second-order valence-corrected chi connectivity index (χ2v) is 10.7. The van der Waals surface area contributed by atoms with E-state index in [0.29, 0.717) is 29.6 Å². The third-order valence-corrected chi connectivity index (χ3v) is 6.63. The van der Waals surface area contributed by atoms with Crippen molar-refractivity contribution < 1.29 is 23.8 Å². The molecule has 8 nitrogen and oxygen atoms in total. The zero-order valence-corrected chi connectivity index (χ0v) is 23.0. The van der Waals surface area contributed by atoms with Crippen molar-refractivity contribution >= 4 is 23.4 Å². The second-order valence-electron chi connectivity index (χ2n) is 10.7. The highest BCUT2D eigenvalue weighted by atomic mass is 16.5. The molecular weight excluding hydrogens is 494 g/mol. The third kappa shape index (κ3) is 7.72. The fourth-order valence-electron chi connectivity index (χ4n) is 4.62. The molecule has 3 aromatic rings. The lowest BCUT2D eigenvalue weighted by Crippen LogP contribution is -2.29. The van der Waals surface area contributed by atoms with Gasteiger partial charge in [-0.25, -0.2) is 9.78 Å². The number of urea groups is 1. The van der Waals surface area contributed by atoms with Gasteiger partial charge in [0.2, 0.25) is 5.88 Å². The Morgan fingerprint density at radius 2 is 1.64 bits per heavy atom. The van der Waals surface area contributed by atoms with E-state index in [0.717, 1.165) is 37.0 Å². The maximum absolute atomic E-state index is 12.8. The summed E-state index contributed by atoms with van der Waals surface area (Å²) in [7, 11) is 0. The van der Waals surface area contributed by atoms with Gasteiger partial charge in [-0.1, -0.05) is 39.0 Å². The molecule has 1 aliphatic rings. The first-order valence-electron chi connectivity index (χ1n) is 13.5. The molecule has 1 saturated carbocycles. The molecule has 0 saturated heterocycles. The van der Waals surface area contributed by atoms with Gasteiger partial charge in [0.15, 0.2) is 0 Å². The molecule has 0 bridgehead atoms. The molecule has 2 amide bonds. The number of esters is 1. The Morgan fingerprint density at radius 1 is 0.923 bits per heavy atom. The minimum atomic E-state index is -0.414. The molecule has 0 spiro atoms. The largest absolute Gasteiger partial charge is 0.490 e. The van der Waals surface area contributed by atoms with Gasteiger partial charge >= 0.3 is 12.0 Å². The van der Waals surface area contributed by atoms with Crippen LogP contribution in [0.4, 0.5) is 16.2 Å². The fourth-order valence-corrected chi connectivity index (χ4v) is 4.62. The Labute approximate surface area is 230 Å². The molecule has 4 rings (SSSR count). The van der Waals surface area contributed by atoms with Crippen LogP contribution in [0.1, 0.15) is 58.9 Å². The number of pyridine rings is 1. The number of rotatable bonds is 8. The number of nitrogens with one attached hydrogen (secondary N) is 2. The number of benzene rings is 2. The van der Waals surface area contributed by atoms with E-state index in [4.69, 9.17) is 14.2 Å². The van der Waals surface area contributed by atoms with Crippen LogP contribution in [0.2, 0.25) is 0 Å². The summed E-state index contributed by atoms with van der Waals surface area (Å²) >= 11 is 0. The minimum absolute atomic E-state index is 0.0335. The Bertz CT molecular complexity index is 1260. The number of aromatic nitrogens is 1. The van der Waals surface area contributed by atoms with Crippen molar-refractivity contribution in [1.82, 2.24) is 4.98 Å². The number of hydrogen-bond donors (Lipinski definition) is 2. The first-order chi connectivity index (χ1) is 18.7. The van der Waals surface area contributed by atoms with Gasteiger partial charge < -0.3 is 24.8 Å². The number of nitrogens with zero attached hydrogens (tertiary/aromatic N) is 1. The van der Waals surface area contributed by atoms with Crippen LogP contribution in [0, 0.1) is 5.92 Å². The van der Waals surface area contributed by atoms with Crippen LogP contribution in [0.5, 0.6) is 17.4 Å². The first-order valence-corrected chi connectivity index (χ1v) is 13.5. The molecule has 0 unspecified atom stereocenters. The van der Waals surface area contributed by atoms with Crippen molar-refractivity contribution in [3.63, 3.8) is 0 Å². The number of carbonyl (C=O) groups excluding carboxylic acids is 2. The number of amides is 2. The van der Waals surface area contributed by atoms with E-state index in [1.165, 1.54) is 0 Å². The molecule has 206 valence electrons. The van der Waals surface area contributed by atoms with E-state index in [1.807, 2.05) is 43.3 Å². The molecule has 1 aromatic heterocycles. The fraction of sp³-hybridized carbons (Fsp3) is 0.387.